The first-order chi connectivity index (χ1) is 8.39. The number of hydrogen-bond acceptors (Lipinski definition) is 4. The van der Waals surface area contributed by atoms with E-state index in [0.717, 1.165) is 25.2 Å². The van der Waals surface area contributed by atoms with E-state index in [1.165, 1.54) is 5.69 Å². The third-order valence-electron chi connectivity index (χ3n) is 4.18. The van der Waals surface area contributed by atoms with Gasteiger partial charge in [0.15, 0.2) is 0 Å². The van der Waals surface area contributed by atoms with Crippen molar-refractivity contribution in [2.45, 2.75) is 52.0 Å². The van der Waals surface area contributed by atoms with Crippen LogP contribution in [0.4, 0.5) is 0 Å². The van der Waals surface area contributed by atoms with Crippen LogP contribution in [0.5, 0.6) is 0 Å². The molecule has 5 nitrogen and oxygen atoms in total. The third-order valence-corrected chi connectivity index (χ3v) is 4.18. The average Bonchev–Trinajstić information content (AvgIpc) is 2.78. The van der Waals surface area contributed by atoms with Crippen molar-refractivity contribution in [1.29, 1.82) is 0 Å². The Morgan fingerprint density at radius 3 is 2.56 bits per heavy atom. The van der Waals surface area contributed by atoms with Gasteiger partial charge in [-0.05, 0) is 33.8 Å². The SMILES string of the molecule is CC1(C)OB(c2cc3n(n2)CCNC3)OC1(C)C. The minimum atomic E-state index is -0.354. The van der Waals surface area contributed by atoms with Crippen LogP contribution in [0.2, 0.25) is 0 Å². The van der Waals surface area contributed by atoms with Crippen LogP contribution in [0, 0.1) is 0 Å². The molecule has 6 heteroatoms. The summed E-state index contributed by atoms with van der Waals surface area (Å²) in [5, 5.41) is 7.93. The highest BCUT2D eigenvalue weighted by Gasteiger charge is 2.52. The van der Waals surface area contributed by atoms with Crippen molar-refractivity contribution >= 4 is 12.7 Å². The van der Waals surface area contributed by atoms with Crippen LogP contribution >= 0.6 is 0 Å². The molecular weight excluding hydrogens is 229 g/mol. The number of nitrogens with zero attached hydrogens (tertiary/aromatic N) is 2. The number of fused-ring (bicyclic) bond motifs is 1. The van der Waals surface area contributed by atoms with Gasteiger partial charge in [0.2, 0.25) is 0 Å². The van der Waals surface area contributed by atoms with Crippen molar-refractivity contribution in [2.75, 3.05) is 6.54 Å². The Bertz CT molecular complexity index is 430. The lowest BCUT2D eigenvalue weighted by molar-refractivity contribution is 0.00578. The summed E-state index contributed by atoms with van der Waals surface area (Å²) in [5.74, 6) is 0. The Morgan fingerprint density at radius 2 is 1.94 bits per heavy atom. The second kappa shape index (κ2) is 3.82. The molecule has 0 bridgehead atoms. The van der Waals surface area contributed by atoms with Crippen LogP contribution in [0.25, 0.3) is 0 Å². The van der Waals surface area contributed by atoms with E-state index >= 15 is 0 Å². The molecule has 1 aromatic rings. The molecule has 0 unspecified atom stereocenters. The molecular formula is C12H20BN3O2. The van der Waals surface area contributed by atoms with Gasteiger partial charge < -0.3 is 14.6 Å². The normalized spacial score (nSPS) is 25.2. The first kappa shape index (κ1) is 12.2. The largest absolute Gasteiger partial charge is 0.516 e. The minimum absolute atomic E-state index is 0.306. The Labute approximate surface area is 108 Å². The Morgan fingerprint density at radius 1 is 1.28 bits per heavy atom. The Hall–Kier alpha value is -0.845. The van der Waals surface area contributed by atoms with E-state index in [2.05, 4.69) is 44.2 Å². The lowest BCUT2D eigenvalue weighted by atomic mass is 9.85. The number of nitrogens with one attached hydrogen (secondary N) is 1. The lowest BCUT2D eigenvalue weighted by Crippen LogP contribution is -2.41. The zero-order valence-electron chi connectivity index (χ0n) is 11.5. The summed E-state index contributed by atoms with van der Waals surface area (Å²) >= 11 is 0. The molecule has 2 aliphatic heterocycles. The van der Waals surface area contributed by atoms with Crippen molar-refractivity contribution in [1.82, 2.24) is 15.1 Å². The molecule has 1 fully saturated rings. The summed E-state index contributed by atoms with van der Waals surface area (Å²) in [4.78, 5) is 0. The van der Waals surface area contributed by atoms with Crippen LogP contribution in [-0.2, 0) is 22.4 Å². The maximum absolute atomic E-state index is 6.01. The molecule has 3 rings (SSSR count). The molecule has 1 N–H and O–H groups in total. The summed E-state index contributed by atoms with van der Waals surface area (Å²) in [6, 6.07) is 2.08. The van der Waals surface area contributed by atoms with Crippen LogP contribution in [0.1, 0.15) is 33.4 Å². The highest BCUT2D eigenvalue weighted by Crippen LogP contribution is 2.36. The van der Waals surface area contributed by atoms with Gasteiger partial charge in [0.25, 0.3) is 0 Å². The monoisotopic (exact) mass is 249 g/mol. The molecule has 0 spiro atoms. The van der Waals surface area contributed by atoms with Gasteiger partial charge in [-0.25, -0.2) is 0 Å². The van der Waals surface area contributed by atoms with Crippen molar-refractivity contribution < 1.29 is 9.31 Å². The molecule has 0 amide bonds. The van der Waals surface area contributed by atoms with Crippen molar-refractivity contribution in [3.8, 4) is 0 Å². The van der Waals surface area contributed by atoms with E-state index in [4.69, 9.17) is 9.31 Å². The first-order valence-corrected chi connectivity index (χ1v) is 6.52. The second-order valence-corrected chi connectivity index (χ2v) is 6.05. The zero-order valence-corrected chi connectivity index (χ0v) is 11.5. The highest BCUT2D eigenvalue weighted by molar-refractivity contribution is 6.61. The first-order valence-electron chi connectivity index (χ1n) is 6.52. The third kappa shape index (κ3) is 1.79. The van der Waals surface area contributed by atoms with Crippen LogP contribution in [-0.4, -0.2) is 34.6 Å². The highest BCUT2D eigenvalue weighted by atomic mass is 16.7. The minimum Gasteiger partial charge on any atom is -0.398 e. The number of hydrogen-bond donors (Lipinski definition) is 1. The van der Waals surface area contributed by atoms with Crippen molar-refractivity contribution in [3.05, 3.63) is 11.8 Å². The molecule has 0 aromatic carbocycles. The zero-order chi connectivity index (χ0) is 13.0. The molecule has 1 saturated heterocycles. The van der Waals surface area contributed by atoms with Gasteiger partial charge in [0.1, 0.15) is 0 Å². The summed E-state index contributed by atoms with van der Waals surface area (Å²) in [6.45, 7) is 11.0. The van der Waals surface area contributed by atoms with E-state index in [0.29, 0.717) is 0 Å². The summed E-state index contributed by atoms with van der Waals surface area (Å²) in [6.07, 6.45) is 0. The van der Waals surface area contributed by atoms with Crippen LogP contribution in [0.3, 0.4) is 0 Å². The fourth-order valence-electron chi connectivity index (χ4n) is 2.29. The predicted octanol–water partition coefficient (Wildman–Crippen LogP) is 0.285. The Kier molecular flexibility index (Phi) is 2.59. The standard InChI is InChI=1S/C12H20BN3O2/c1-11(2)12(3,4)18-13(17-11)10-7-9-8-14-5-6-16(9)15-10/h7,14H,5-6,8H2,1-4H3. The van der Waals surface area contributed by atoms with Gasteiger partial charge in [0.05, 0.1) is 29.0 Å². The smallest absolute Gasteiger partial charge is 0.398 e. The topological polar surface area (TPSA) is 48.3 Å². The van der Waals surface area contributed by atoms with E-state index in [-0.39, 0.29) is 18.3 Å². The average molecular weight is 249 g/mol. The van der Waals surface area contributed by atoms with E-state index < -0.39 is 0 Å². The number of aromatic nitrogens is 2. The van der Waals surface area contributed by atoms with Crippen molar-refractivity contribution in [3.63, 3.8) is 0 Å². The predicted molar refractivity (Wildman–Crippen MR) is 69.6 cm³/mol. The fraction of sp³-hybridized carbons (Fsp3) is 0.750. The molecule has 2 aliphatic rings. The van der Waals surface area contributed by atoms with Gasteiger partial charge >= 0.3 is 7.12 Å². The van der Waals surface area contributed by atoms with Gasteiger partial charge in [-0.3, -0.25) is 4.68 Å². The van der Waals surface area contributed by atoms with E-state index in [1.54, 1.807) is 0 Å². The van der Waals surface area contributed by atoms with E-state index in [1.807, 2.05) is 4.68 Å². The van der Waals surface area contributed by atoms with Gasteiger partial charge in [-0.15, -0.1) is 0 Å². The van der Waals surface area contributed by atoms with Crippen LogP contribution < -0.4 is 10.9 Å². The molecule has 0 aliphatic carbocycles. The lowest BCUT2D eigenvalue weighted by Gasteiger charge is -2.32. The summed E-state index contributed by atoms with van der Waals surface area (Å²) in [7, 11) is -0.354. The number of rotatable bonds is 1. The Balaban J connectivity index is 1.87. The van der Waals surface area contributed by atoms with E-state index in [9.17, 15) is 0 Å². The summed E-state index contributed by atoms with van der Waals surface area (Å²) < 4.78 is 14.1. The molecule has 0 atom stereocenters. The molecule has 3 heterocycles. The maximum Gasteiger partial charge on any atom is 0.516 e. The van der Waals surface area contributed by atoms with Gasteiger partial charge in [0, 0.05) is 13.1 Å². The molecule has 18 heavy (non-hydrogen) atoms. The molecule has 0 saturated carbocycles. The van der Waals surface area contributed by atoms with Crippen LogP contribution in [0.15, 0.2) is 6.07 Å². The molecule has 1 aromatic heterocycles. The fourth-order valence-corrected chi connectivity index (χ4v) is 2.29. The summed E-state index contributed by atoms with van der Waals surface area (Å²) in [5.41, 5.74) is 1.47. The maximum atomic E-state index is 6.01. The molecule has 98 valence electrons. The second-order valence-electron chi connectivity index (χ2n) is 6.05. The van der Waals surface area contributed by atoms with Crippen molar-refractivity contribution in [2.24, 2.45) is 0 Å². The quantitative estimate of drug-likeness (QED) is 0.726. The van der Waals surface area contributed by atoms with Gasteiger partial charge in [-0.2, -0.15) is 5.10 Å². The van der Waals surface area contributed by atoms with Gasteiger partial charge in [-0.1, -0.05) is 0 Å². The molecule has 0 radical (unpaired) electrons.